The first-order valence-electron chi connectivity index (χ1n) is 7.63. The van der Waals surface area contributed by atoms with E-state index in [0.717, 1.165) is 26.2 Å². The van der Waals surface area contributed by atoms with Crippen molar-refractivity contribution in [1.29, 1.82) is 0 Å². The highest BCUT2D eigenvalue weighted by molar-refractivity contribution is 7.13. The zero-order valence-corrected chi connectivity index (χ0v) is 13.9. The fraction of sp³-hybridized carbons (Fsp3) is 0.429. The van der Waals surface area contributed by atoms with Gasteiger partial charge in [-0.25, -0.2) is 4.98 Å². The van der Waals surface area contributed by atoms with Crippen LogP contribution in [0.3, 0.4) is 0 Å². The van der Waals surface area contributed by atoms with E-state index in [4.69, 9.17) is 5.73 Å². The Balaban J connectivity index is 1.45. The van der Waals surface area contributed by atoms with Gasteiger partial charge < -0.3 is 16.0 Å². The van der Waals surface area contributed by atoms with E-state index in [-0.39, 0.29) is 17.4 Å². The molecular weight excluding hydrogens is 330 g/mol. The van der Waals surface area contributed by atoms with Gasteiger partial charge in [0.15, 0.2) is 5.13 Å². The molecule has 0 aromatic carbocycles. The van der Waals surface area contributed by atoms with Crippen LogP contribution in [0.5, 0.6) is 0 Å². The zero-order chi connectivity index (χ0) is 16.9. The Labute approximate surface area is 142 Å². The molecule has 1 saturated heterocycles. The van der Waals surface area contributed by atoms with Crippen molar-refractivity contribution < 1.29 is 4.79 Å². The molecule has 1 aliphatic rings. The largest absolute Gasteiger partial charge is 0.369 e. The summed E-state index contributed by atoms with van der Waals surface area (Å²) in [4.78, 5) is 38.2. The van der Waals surface area contributed by atoms with Gasteiger partial charge in [0.2, 0.25) is 11.9 Å². The van der Waals surface area contributed by atoms with Crippen LogP contribution >= 0.6 is 11.3 Å². The Morgan fingerprint density at radius 2 is 2.17 bits per heavy atom. The minimum Gasteiger partial charge on any atom is -0.369 e. The summed E-state index contributed by atoms with van der Waals surface area (Å²) in [5, 5.41) is 5.23. The quantitative estimate of drug-likeness (QED) is 0.692. The van der Waals surface area contributed by atoms with E-state index in [1.165, 1.54) is 17.4 Å². The number of H-pyrrole nitrogens is 1. The van der Waals surface area contributed by atoms with Crippen LogP contribution in [0.1, 0.15) is 6.42 Å². The van der Waals surface area contributed by atoms with E-state index in [1.807, 2.05) is 10.3 Å². The van der Waals surface area contributed by atoms with Crippen LogP contribution in [0.25, 0.3) is 0 Å². The summed E-state index contributed by atoms with van der Waals surface area (Å²) in [7, 11) is 0. The van der Waals surface area contributed by atoms with E-state index >= 15 is 0 Å². The topological polar surface area (TPSA) is 120 Å². The highest BCUT2D eigenvalue weighted by Gasteiger charge is 2.19. The van der Waals surface area contributed by atoms with Gasteiger partial charge in [0, 0.05) is 56.8 Å². The number of nitrogens with two attached hydrogens (primary N) is 1. The molecule has 0 bridgehead atoms. The van der Waals surface area contributed by atoms with Crippen LogP contribution < -0.4 is 21.5 Å². The van der Waals surface area contributed by atoms with Crippen molar-refractivity contribution in [2.75, 3.05) is 48.7 Å². The molecule has 0 atom stereocenters. The van der Waals surface area contributed by atoms with Gasteiger partial charge in [0.05, 0.1) is 0 Å². The minimum absolute atomic E-state index is 0.0311. The number of nitrogens with one attached hydrogen (secondary N) is 2. The normalized spacial score (nSPS) is 15.4. The molecular formula is C14H19N7O2S. The average molecular weight is 349 g/mol. The smallest absolute Gasteiger partial charge is 0.254 e. The highest BCUT2D eigenvalue weighted by Crippen LogP contribution is 2.13. The van der Waals surface area contributed by atoms with E-state index in [9.17, 15) is 9.59 Å². The highest BCUT2D eigenvalue weighted by atomic mass is 32.1. The Morgan fingerprint density at radius 3 is 2.83 bits per heavy atom. The van der Waals surface area contributed by atoms with Crippen LogP contribution in [0, 0.1) is 0 Å². The van der Waals surface area contributed by atoms with Gasteiger partial charge in [-0.3, -0.25) is 19.5 Å². The molecule has 24 heavy (non-hydrogen) atoms. The standard InChI is InChI=1S/C14H19N7O2S/c15-13-17-10(9-12(23)18-13)21-6-4-20(5-7-21)3-1-11(22)19-14-16-2-8-24-14/h2,8-9H,1,3-7H2,(H,16,19,22)(H3,15,17,18,23). The molecule has 0 radical (unpaired) electrons. The molecule has 1 amide bonds. The van der Waals surface area contributed by atoms with Gasteiger partial charge in [-0.2, -0.15) is 4.98 Å². The lowest BCUT2D eigenvalue weighted by Crippen LogP contribution is -2.47. The second-order valence-electron chi connectivity index (χ2n) is 5.45. The lowest BCUT2D eigenvalue weighted by atomic mass is 10.2. The SMILES string of the molecule is Nc1nc(N2CCN(CCC(=O)Nc3nccs3)CC2)cc(=O)[nH]1. The number of nitrogens with zero attached hydrogens (tertiary/aromatic N) is 4. The maximum absolute atomic E-state index is 11.9. The van der Waals surface area contributed by atoms with Gasteiger partial charge in [0.1, 0.15) is 5.82 Å². The van der Waals surface area contributed by atoms with Crippen LogP contribution in [-0.2, 0) is 4.79 Å². The van der Waals surface area contributed by atoms with Crippen molar-refractivity contribution in [3.05, 3.63) is 28.0 Å². The number of carbonyl (C=O) groups excluding carboxylic acids is 1. The Hall–Kier alpha value is -2.46. The fourth-order valence-corrected chi connectivity index (χ4v) is 3.10. The number of piperazine rings is 1. The number of anilines is 3. The minimum atomic E-state index is -0.251. The Kier molecular flexibility index (Phi) is 5.06. The first kappa shape index (κ1) is 16.4. The number of aromatic amines is 1. The van der Waals surface area contributed by atoms with Gasteiger partial charge in [-0.1, -0.05) is 0 Å². The molecule has 0 saturated carbocycles. The monoisotopic (exact) mass is 349 g/mol. The van der Waals surface area contributed by atoms with Crippen molar-refractivity contribution >= 4 is 34.1 Å². The molecule has 10 heteroatoms. The third kappa shape index (κ3) is 4.30. The number of nitrogen functional groups attached to an aromatic ring is 1. The van der Waals surface area contributed by atoms with E-state index in [0.29, 0.717) is 23.9 Å². The summed E-state index contributed by atoms with van der Waals surface area (Å²) >= 11 is 1.40. The number of aromatic nitrogens is 3. The zero-order valence-electron chi connectivity index (χ0n) is 13.1. The molecule has 1 fully saturated rings. The maximum Gasteiger partial charge on any atom is 0.254 e. The molecule has 9 nitrogen and oxygen atoms in total. The first-order valence-corrected chi connectivity index (χ1v) is 8.51. The molecule has 0 spiro atoms. The van der Waals surface area contributed by atoms with Gasteiger partial charge in [0.25, 0.3) is 5.56 Å². The molecule has 3 rings (SSSR count). The second kappa shape index (κ2) is 7.41. The third-order valence-electron chi connectivity index (χ3n) is 3.78. The number of amides is 1. The Bertz CT molecular complexity index is 738. The summed E-state index contributed by atoms with van der Waals surface area (Å²) in [5.74, 6) is 0.688. The van der Waals surface area contributed by atoms with E-state index in [1.54, 1.807) is 6.20 Å². The predicted octanol–water partition coefficient (Wildman–Crippen LogP) is -0.0406. The van der Waals surface area contributed by atoms with Gasteiger partial charge >= 0.3 is 0 Å². The Morgan fingerprint density at radius 1 is 1.38 bits per heavy atom. The molecule has 4 N–H and O–H groups in total. The van der Waals surface area contributed by atoms with Crippen molar-refractivity contribution in [2.45, 2.75) is 6.42 Å². The van der Waals surface area contributed by atoms with Crippen molar-refractivity contribution in [3.8, 4) is 0 Å². The molecule has 2 aromatic heterocycles. The average Bonchev–Trinajstić information content (AvgIpc) is 3.05. The van der Waals surface area contributed by atoms with E-state index in [2.05, 4.69) is 25.2 Å². The molecule has 3 heterocycles. The molecule has 2 aromatic rings. The molecule has 0 unspecified atom stereocenters. The number of carbonyl (C=O) groups is 1. The summed E-state index contributed by atoms with van der Waals surface area (Å²) in [6, 6.07) is 1.45. The van der Waals surface area contributed by atoms with Crippen LogP contribution in [0.4, 0.5) is 16.9 Å². The van der Waals surface area contributed by atoms with E-state index < -0.39 is 0 Å². The van der Waals surface area contributed by atoms with Gasteiger partial charge in [-0.15, -0.1) is 11.3 Å². The summed E-state index contributed by atoms with van der Waals surface area (Å²) in [5.41, 5.74) is 5.33. The summed E-state index contributed by atoms with van der Waals surface area (Å²) < 4.78 is 0. The van der Waals surface area contributed by atoms with Crippen LogP contribution in [0.15, 0.2) is 22.4 Å². The molecule has 128 valence electrons. The predicted molar refractivity (Wildman–Crippen MR) is 93.3 cm³/mol. The fourth-order valence-electron chi connectivity index (χ4n) is 2.55. The maximum atomic E-state index is 11.9. The van der Waals surface area contributed by atoms with Crippen molar-refractivity contribution in [1.82, 2.24) is 19.9 Å². The first-order chi connectivity index (χ1) is 11.6. The lowest BCUT2D eigenvalue weighted by Gasteiger charge is -2.35. The van der Waals surface area contributed by atoms with Crippen LogP contribution in [0.2, 0.25) is 0 Å². The molecule has 1 aliphatic heterocycles. The second-order valence-corrected chi connectivity index (χ2v) is 6.35. The number of hydrogen-bond acceptors (Lipinski definition) is 8. The van der Waals surface area contributed by atoms with Gasteiger partial charge in [-0.05, 0) is 0 Å². The number of rotatable bonds is 5. The van der Waals surface area contributed by atoms with Crippen molar-refractivity contribution in [2.24, 2.45) is 0 Å². The summed E-state index contributed by atoms with van der Waals surface area (Å²) in [6.45, 7) is 3.78. The van der Waals surface area contributed by atoms with Crippen LogP contribution in [-0.4, -0.2) is 58.5 Å². The number of thiazole rings is 1. The third-order valence-corrected chi connectivity index (χ3v) is 4.47. The summed E-state index contributed by atoms with van der Waals surface area (Å²) in [6.07, 6.45) is 2.09. The van der Waals surface area contributed by atoms with Crippen molar-refractivity contribution in [3.63, 3.8) is 0 Å². The molecule has 0 aliphatic carbocycles. The number of hydrogen-bond donors (Lipinski definition) is 3. The lowest BCUT2D eigenvalue weighted by molar-refractivity contribution is -0.116.